The topological polar surface area (TPSA) is 44.8 Å². The normalized spacial score (nSPS) is 15.2. The Morgan fingerprint density at radius 1 is 1.03 bits per heavy atom. The van der Waals surface area contributed by atoms with Crippen LogP contribution in [-0.4, -0.2) is 61.3 Å². The molecule has 3 rings (SSSR count). The lowest BCUT2D eigenvalue weighted by Gasteiger charge is -2.34. The van der Waals surface area contributed by atoms with Crippen molar-refractivity contribution < 1.29 is 9.53 Å². The monoisotopic (exact) mass is 413 g/mol. The third-order valence-corrected chi connectivity index (χ3v) is 5.94. The summed E-state index contributed by atoms with van der Waals surface area (Å²) in [7, 11) is 0. The van der Waals surface area contributed by atoms with Gasteiger partial charge in [-0.3, -0.25) is 9.69 Å². The molecule has 2 aromatic rings. The molecule has 2 aromatic carbocycles. The van der Waals surface area contributed by atoms with Crippen LogP contribution in [0.2, 0.25) is 0 Å². The first kappa shape index (κ1) is 21.7. The lowest BCUT2D eigenvalue weighted by atomic mass is 10.2. The molecule has 156 valence electrons. The zero-order valence-electron chi connectivity index (χ0n) is 17.4. The van der Waals surface area contributed by atoms with E-state index in [9.17, 15) is 4.79 Å². The van der Waals surface area contributed by atoms with Gasteiger partial charge in [-0.1, -0.05) is 24.3 Å². The number of rotatable bonds is 9. The van der Waals surface area contributed by atoms with Crippen molar-refractivity contribution in [3.8, 4) is 5.75 Å². The molecule has 0 bridgehead atoms. The fraction of sp³-hybridized carbons (Fsp3) is 0.435. The largest absolute Gasteiger partial charge is 0.494 e. The quantitative estimate of drug-likeness (QED) is 0.631. The number of amides is 1. The minimum Gasteiger partial charge on any atom is -0.494 e. The fourth-order valence-electron chi connectivity index (χ4n) is 3.51. The highest BCUT2D eigenvalue weighted by Gasteiger charge is 2.18. The van der Waals surface area contributed by atoms with Crippen LogP contribution in [-0.2, 0) is 11.3 Å². The average molecular weight is 414 g/mol. The highest BCUT2D eigenvalue weighted by Crippen LogP contribution is 2.24. The average Bonchev–Trinajstić information content (AvgIpc) is 2.75. The zero-order valence-corrected chi connectivity index (χ0v) is 18.2. The summed E-state index contributed by atoms with van der Waals surface area (Å²) in [5.41, 5.74) is 2.22. The van der Waals surface area contributed by atoms with Crippen molar-refractivity contribution in [1.29, 1.82) is 0 Å². The van der Waals surface area contributed by atoms with Gasteiger partial charge in [0.2, 0.25) is 5.91 Å². The van der Waals surface area contributed by atoms with Crippen molar-refractivity contribution in [1.82, 2.24) is 9.80 Å². The van der Waals surface area contributed by atoms with E-state index in [0.717, 1.165) is 55.6 Å². The van der Waals surface area contributed by atoms with Gasteiger partial charge in [0.15, 0.2) is 0 Å². The van der Waals surface area contributed by atoms with Gasteiger partial charge in [-0.2, -0.15) is 0 Å². The maximum Gasteiger partial charge on any atom is 0.225 e. The molecule has 29 heavy (non-hydrogen) atoms. The maximum absolute atomic E-state index is 12.3. The maximum atomic E-state index is 12.3. The number of nitrogens with zero attached hydrogens (tertiary/aromatic N) is 2. The predicted molar refractivity (Wildman–Crippen MR) is 121 cm³/mol. The first-order chi connectivity index (χ1) is 14.2. The summed E-state index contributed by atoms with van der Waals surface area (Å²) in [6.45, 7) is 8.55. The van der Waals surface area contributed by atoms with Gasteiger partial charge in [-0.15, -0.1) is 11.8 Å². The third-order valence-electron chi connectivity index (χ3n) is 5.14. The van der Waals surface area contributed by atoms with Crippen LogP contribution < -0.4 is 10.1 Å². The Labute approximate surface area is 178 Å². The van der Waals surface area contributed by atoms with Crippen molar-refractivity contribution in [2.45, 2.75) is 24.8 Å². The second-order valence-electron chi connectivity index (χ2n) is 7.19. The van der Waals surface area contributed by atoms with Crippen LogP contribution in [0.5, 0.6) is 5.75 Å². The smallest absolute Gasteiger partial charge is 0.225 e. The molecule has 1 amide bonds. The number of hydrogen-bond acceptors (Lipinski definition) is 5. The van der Waals surface area contributed by atoms with E-state index in [2.05, 4.69) is 27.2 Å². The predicted octanol–water partition coefficient (Wildman–Crippen LogP) is 3.95. The summed E-state index contributed by atoms with van der Waals surface area (Å²) in [5.74, 6) is 1.02. The molecule has 1 saturated heterocycles. The van der Waals surface area contributed by atoms with Crippen molar-refractivity contribution in [2.75, 3.05) is 50.9 Å². The molecule has 0 aliphatic carbocycles. The van der Waals surface area contributed by atoms with Crippen molar-refractivity contribution in [3.05, 3.63) is 54.1 Å². The second kappa shape index (κ2) is 11.2. The van der Waals surface area contributed by atoms with Crippen molar-refractivity contribution >= 4 is 23.4 Å². The van der Waals surface area contributed by atoms with Crippen molar-refractivity contribution in [2.24, 2.45) is 0 Å². The summed E-state index contributed by atoms with van der Waals surface area (Å²) < 4.78 is 5.51. The second-order valence-corrected chi connectivity index (χ2v) is 8.04. The van der Waals surface area contributed by atoms with Crippen molar-refractivity contribution in [3.63, 3.8) is 0 Å². The summed E-state index contributed by atoms with van der Waals surface area (Å²) in [4.78, 5) is 18.3. The highest BCUT2D eigenvalue weighted by atomic mass is 32.2. The van der Waals surface area contributed by atoms with Crippen LogP contribution in [0.1, 0.15) is 18.9 Å². The molecule has 1 aliphatic heterocycles. The van der Waals surface area contributed by atoms with E-state index in [4.69, 9.17) is 4.74 Å². The molecule has 6 heteroatoms. The van der Waals surface area contributed by atoms with E-state index in [1.807, 2.05) is 49.6 Å². The molecule has 0 atom stereocenters. The molecule has 0 spiro atoms. The number of carbonyl (C=O) groups is 1. The molecular weight excluding hydrogens is 382 g/mol. The Kier molecular flexibility index (Phi) is 8.40. The van der Waals surface area contributed by atoms with E-state index in [0.29, 0.717) is 13.0 Å². The summed E-state index contributed by atoms with van der Waals surface area (Å²) in [6, 6.07) is 16.3. The minimum absolute atomic E-state index is 0.0864. The lowest BCUT2D eigenvalue weighted by molar-refractivity contribution is -0.116. The molecule has 0 unspecified atom stereocenters. The van der Waals surface area contributed by atoms with Gasteiger partial charge in [0, 0.05) is 50.6 Å². The van der Waals surface area contributed by atoms with Crippen LogP contribution in [0.25, 0.3) is 0 Å². The number of benzene rings is 2. The first-order valence-electron chi connectivity index (χ1n) is 10.3. The van der Waals surface area contributed by atoms with E-state index < -0.39 is 0 Å². The molecule has 1 heterocycles. The molecule has 1 aliphatic rings. The third kappa shape index (κ3) is 6.77. The van der Waals surface area contributed by atoms with Gasteiger partial charge >= 0.3 is 0 Å². The number of nitrogens with one attached hydrogen (secondary N) is 1. The summed E-state index contributed by atoms with van der Waals surface area (Å²) >= 11 is 1.65. The highest BCUT2D eigenvalue weighted by molar-refractivity contribution is 7.98. The summed E-state index contributed by atoms with van der Waals surface area (Å²) in [6.07, 6.45) is 2.55. The van der Waals surface area contributed by atoms with E-state index in [1.165, 1.54) is 5.56 Å². The lowest BCUT2D eigenvalue weighted by Crippen LogP contribution is -2.46. The van der Waals surface area contributed by atoms with Crippen LogP contribution >= 0.6 is 11.8 Å². The SMILES string of the molecule is CCOc1ccc(CN2CCN(CCC(=O)Nc3ccccc3SC)CC2)cc1. The van der Waals surface area contributed by atoms with Crippen LogP contribution in [0.15, 0.2) is 53.4 Å². The molecule has 5 nitrogen and oxygen atoms in total. The standard InChI is InChI=1S/C23H31N3O2S/c1-3-28-20-10-8-19(9-11-20)18-26-16-14-25(15-17-26)13-12-23(27)24-21-6-4-5-7-22(21)29-2/h4-11H,3,12-18H2,1-2H3,(H,24,27). The molecule has 1 fully saturated rings. The molecule has 0 saturated carbocycles. The Bertz CT molecular complexity index is 774. The van der Waals surface area contributed by atoms with Gasteiger partial charge < -0.3 is 15.0 Å². The van der Waals surface area contributed by atoms with Crippen LogP contribution in [0, 0.1) is 0 Å². The Morgan fingerprint density at radius 2 is 1.72 bits per heavy atom. The number of carbonyl (C=O) groups excluding carboxylic acids is 1. The Balaban J connectivity index is 1.37. The Morgan fingerprint density at radius 3 is 2.41 bits per heavy atom. The number of hydrogen-bond donors (Lipinski definition) is 1. The zero-order chi connectivity index (χ0) is 20.5. The van der Waals surface area contributed by atoms with Gasteiger partial charge in [0.05, 0.1) is 12.3 Å². The van der Waals surface area contributed by atoms with E-state index >= 15 is 0 Å². The van der Waals surface area contributed by atoms with Gasteiger partial charge in [0.1, 0.15) is 5.75 Å². The van der Waals surface area contributed by atoms with E-state index in [1.54, 1.807) is 11.8 Å². The minimum atomic E-state index is 0.0864. The fourth-order valence-corrected chi connectivity index (χ4v) is 4.06. The first-order valence-corrected chi connectivity index (χ1v) is 11.5. The Hall–Kier alpha value is -2.02. The molecule has 1 N–H and O–H groups in total. The van der Waals surface area contributed by atoms with Crippen LogP contribution in [0.4, 0.5) is 5.69 Å². The summed E-state index contributed by atoms with van der Waals surface area (Å²) in [5, 5.41) is 3.05. The number of para-hydroxylation sites is 1. The number of anilines is 1. The molecule has 0 radical (unpaired) electrons. The molecule has 0 aromatic heterocycles. The van der Waals surface area contributed by atoms with Gasteiger partial charge in [-0.05, 0) is 43.0 Å². The number of ether oxygens (including phenoxy) is 1. The van der Waals surface area contributed by atoms with Gasteiger partial charge in [0.25, 0.3) is 0 Å². The van der Waals surface area contributed by atoms with Crippen LogP contribution in [0.3, 0.4) is 0 Å². The molecular formula is C23H31N3O2S. The van der Waals surface area contributed by atoms with Gasteiger partial charge in [-0.25, -0.2) is 0 Å². The number of thioether (sulfide) groups is 1. The van der Waals surface area contributed by atoms with E-state index in [-0.39, 0.29) is 5.91 Å². The number of piperazine rings is 1.